The number of esters is 1. The smallest absolute Gasteiger partial charge is 0.338 e. The second-order valence-corrected chi connectivity index (χ2v) is 5.73. The van der Waals surface area contributed by atoms with Crippen LogP contribution in [0.25, 0.3) is 0 Å². The van der Waals surface area contributed by atoms with Gasteiger partial charge >= 0.3 is 5.97 Å². The van der Waals surface area contributed by atoms with E-state index in [1.54, 1.807) is 37.4 Å². The predicted molar refractivity (Wildman–Crippen MR) is 92.5 cm³/mol. The maximum atomic E-state index is 12.0. The fourth-order valence-electron chi connectivity index (χ4n) is 1.95. The number of nitrogens with one attached hydrogen (secondary N) is 1. The lowest BCUT2D eigenvalue weighted by Crippen LogP contribution is -2.21. The highest BCUT2D eigenvalue weighted by Gasteiger charge is 2.12. The lowest BCUT2D eigenvalue weighted by molar-refractivity contribution is -0.119. The molecule has 0 unspecified atom stereocenters. The van der Waals surface area contributed by atoms with Crippen LogP contribution >= 0.6 is 23.2 Å². The second kappa shape index (κ2) is 8.68. The molecule has 1 amide bonds. The van der Waals surface area contributed by atoms with E-state index in [1.807, 2.05) is 6.07 Å². The molecule has 0 aliphatic carbocycles. The first-order valence-electron chi connectivity index (χ1n) is 6.99. The Morgan fingerprint density at radius 2 is 1.92 bits per heavy atom. The number of hydrogen-bond acceptors (Lipinski definition) is 4. The molecule has 0 aliphatic heterocycles. The number of ether oxygens (including phenoxy) is 2. The summed E-state index contributed by atoms with van der Waals surface area (Å²) in [4.78, 5) is 23.8. The highest BCUT2D eigenvalue weighted by atomic mass is 35.5. The Morgan fingerprint density at radius 3 is 2.62 bits per heavy atom. The Hall–Kier alpha value is -2.08. The van der Waals surface area contributed by atoms with Crippen molar-refractivity contribution in [2.24, 2.45) is 0 Å². The highest BCUT2D eigenvalue weighted by Crippen LogP contribution is 2.25. The summed E-state index contributed by atoms with van der Waals surface area (Å²) in [6.07, 6.45) is 0. The van der Waals surface area contributed by atoms with Crippen LogP contribution in [0.5, 0.6) is 0 Å². The molecule has 0 heterocycles. The van der Waals surface area contributed by atoms with Crippen molar-refractivity contribution in [1.82, 2.24) is 0 Å². The summed E-state index contributed by atoms with van der Waals surface area (Å²) in [5.41, 5.74) is 1.58. The van der Waals surface area contributed by atoms with E-state index in [-0.39, 0.29) is 0 Å². The van der Waals surface area contributed by atoms with Gasteiger partial charge < -0.3 is 14.8 Å². The molecule has 5 nitrogen and oxygen atoms in total. The van der Waals surface area contributed by atoms with Gasteiger partial charge in [0.25, 0.3) is 5.91 Å². The number of benzene rings is 2. The third kappa shape index (κ3) is 5.23. The zero-order valence-corrected chi connectivity index (χ0v) is 14.4. The second-order valence-electron chi connectivity index (χ2n) is 4.88. The summed E-state index contributed by atoms with van der Waals surface area (Å²) in [6, 6.07) is 11.5. The number of anilines is 1. The van der Waals surface area contributed by atoms with Crippen molar-refractivity contribution in [3.05, 3.63) is 63.6 Å². The van der Waals surface area contributed by atoms with Gasteiger partial charge in [0.15, 0.2) is 6.61 Å². The summed E-state index contributed by atoms with van der Waals surface area (Å²) in [5, 5.41) is 3.31. The Labute approximate surface area is 149 Å². The maximum Gasteiger partial charge on any atom is 0.338 e. The van der Waals surface area contributed by atoms with Gasteiger partial charge in [-0.1, -0.05) is 35.3 Å². The SMILES string of the molecule is COCc1cccc(C(=O)OCC(=O)Nc2ccc(Cl)cc2Cl)c1. The van der Waals surface area contributed by atoms with Crippen LogP contribution in [0, 0.1) is 0 Å². The van der Waals surface area contributed by atoms with Crippen LogP contribution in [0.15, 0.2) is 42.5 Å². The first kappa shape index (κ1) is 18.3. The van der Waals surface area contributed by atoms with Gasteiger partial charge in [0.05, 0.1) is 22.9 Å². The third-order valence-electron chi connectivity index (χ3n) is 3.01. The number of carbonyl (C=O) groups excluding carboxylic acids is 2. The molecule has 126 valence electrons. The molecular formula is C17H15Cl2NO4. The van der Waals surface area contributed by atoms with Crippen molar-refractivity contribution >= 4 is 40.8 Å². The highest BCUT2D eigenvalue weighted by molar-refractivity contribution is 6.36. The summed E-state index contributed by atoms with van der Waals surface area (Å²) >= 11 is 11.7. The van der Waals surface area contributed by atoms with Crippen LogP contribution in [-0.2, 0) is 20.9 Å². The number of halogens is 2. The van der Waals surface area contributed by atoms with Crippen LogP contribution in [0.1, 0.15) is 15.9 Å². The van der Waals surface area contributed by atoms with Gasteiger partial charge in [0.2, 0.25) is 0 Å². The quantitative estimate of drug-likeness (QED) is 0.785. The number of hydrogen-bond donors (Lipinski definition) is 1. The van der Waals surface area contributed by atoms with Crippen LogP contribution < -0.4 is 5.32 Å². The molecule has 0 radical (unpaired) electrons. The zero-order chi connectivity index (χ0) is 17.5. The topological polar surface area (TPSA) is 64.6 Å². The fourth-order valence-corrected chi connectivity index (χ4v) is 2.40. The molecular weight excluding hydrogens is 353 g/mol. The Bertz CT molecular complexity index is 749. The molecule has 0 aliphatic rings. The molecule has 0 aromatic heterocycles. The molecule has 2 aromatic rings. The summed E-state index contributed by atoms with van der Waals surface area (Å²) < 4.78 is 10.0. The van der Waals surface area contributed by atoms with Crippen molar-refractivity contribution in [3.8, 4) is 0 Å². The molecule has 2 rings (SSSR count). The minimum Gasteiger partial charge on any atom is -0.452 e. The predicted octanol–water partition coefficient (Wildman–Crippen LogP) is 3.94. The first-order chi connectivity index (χ1) is 11.5. The minimum absolute atomic E-state index is 0.300. The van der Waals surface area contributed by atoms with Gasteiger partial charge in [-0.15, -0.1) is 0 Å². The molecule has 1 N–H and O–H groups in total. The van der Waals surface area contributed by atoms with E-state index in [0.717, 1.165) is 5.56 Å². The van der Waals surface area contributed by atoms with Crippen LogP contribution in [-0.4, -0.2) is 25.6 Å². The minimum atomic E-state index is -0.592. The largest absolute Gasteiger partial charge is 0.452 e. The molecule has 7 heteroatoms. The number of amides is 1. The Balaban J connectivity index is 1.91. The molecule has 2 aromatic carbocycles. The van der Waals surface area contributed by atoms with Crippen molar-refractivity contribution in [2.75, 3.05) is 19.0 Å². The third-order valence-corrected chi connectivity index (χ3v) is 3.56. The van der Waals surface area contributed by atoms with E-state index in [1.165, 1.54) is 6.07 Å². The Kier molecular flexibility index (Phi) is 6.61. The lowest BCUT2D eigenvalue weighted by atomic mass is 10.1. The standard InChI is InChI=1S/C17H15Cl2NO4/c1-23-9-11-3-2-4-12(7-11)17(22)24-10-16(21)20-15-6-5-13(18)8-14(15)19/h2-8H,9-10H2,1H3,(H,20,21). The van der Waals surface area contributed by atoms with Gasteiger partial charge in [-0.3, -0.25) is 4.79 Å². The molecule has 0 bridgehead atoms. The van der Waals surface area contributed by atoms with Crippen LogP contribution in [0.4, 0.5) is 5.69 Å². The van der Waals surface area contributed by atoms with E-state index in [0.29, 0.717) is 27.9 Å². The molecule has 0 fully saturated rings. The average molecular weight is 368 g/mol. The van der Waals surface area contributed by atoms with Crippen LogP contribution in [0.2, 0.25) is 10.0 Å². The molecule has 24 heavy (non-hydrogen) atoms. The number of carbonyl (C=O) groups is 2. The van der Waals surface area contributed by atoms with Gasteiger partial charge in [-0.25, -0.2) is 4.79 Å². The lowest BCUT2D eigenvalue weighted by Gasteiger charge is -2.09. The fraction of sp³-hybridized carbons (Fsp3) is 0.176. The van der Waals surface area contributed by atoms with Gasteiger partial charge in [0, 0.05) is 12.1 Å². The molecule has 0 spiro atoms. The first-order valence-corrected chi connectivity index (χ1v) is 7.75. The van der Waals surface area contributed by atoms with Crippen molar-refractivity contribution < 1.29 is 19.1 Å². The summed E-state index contributed by atoms with van der Waals surface area (Å²) in [6.45, 7) is -0.0387. The summed E-state index contributed by atoms with van der Waals surface area (Å²) in [7, 11) is 1.57. The van der Waals surface area contributed by atoms with Crippen LogP contribution in [0.3, 0.4) is 0 Å². The summed E-state index contributed by atoms with van der Waals surface area (Å²) in [5.74, 6) is -1.09. The van der Waals surface area contributed by atoms with E-state index >= 15 is 0 Å². The zero-order valence-electron chi connectivity index (χ0n) is 12.8. The van der Waals surface area contributed by atoms with Crippen molar-refractivity contribution in [3.63, 3.8) is 0 Å². The van der Waals surface area contributed by atoms with E-state index in [2.05, 4.69) is 5.32 Å². The van der Waals surface area contributed by atoms with E-state index in [4.69, 9.17) is 32.7 Å². The van der Waals surface area contributed by atoms with Gasteiger partial charge in [-0.05, 0) is 35.9 Å². The normalized spacial score (nSPS) is 10.3. The number of rotatable bonds is 6. The van der Waals surface area contributed by atoms with Crippen molar-refractivity contribution in [1.29, 1.82) is 0 Å². The molecule has 0 atom stereocenters. The molecule has 0 saturated carbocycles. The van der Waals surface area contributed by atoms with E-state index < -0.39 is 18.5 Å². The maximum absolute atomic E-state index is 12.0. The average Bonchev–Trinajstić information content (AvgIpc) is 2.56. The van der Waals surface area contributed by atoms with Crippen molar-refractivity contribution in [2.45, 2.75) is 6.61 Å². The van der Waals surface area contributed by atoms with E-state index in [9.17, 15) is 9.59 Å². The number of methoxy groups -OCH3 is 1. The molecule has 0 saturated heterocycles. The monoisotopic (exact) mass is 367 g/mol. The van der Waals surface area contributed by atoms with Gasteiger partial charge in [-0.2, -0.15) is 0 Å². The van der Waals surface area contributed by atoms with Gasteiger partial charge in [0.1, 0.15) is 0 Å². The Morgan fingerprint density at radius 1 is 1.12 bits per heavy atom.